The van der Waals surface area contributed by atoms with E-state index >= 15 is 0 Å². The van der Waals surface area contributed by atoms with Gasteiger partial charge in [-0.15, -0.1) is 0 Å². The molecule has 0 atom stereocenters. The number of nitrogens with zero attached hydrogens (tertiary/aromatic N) is 2. The largest absolute Gasteiger partial charge is 0.494 e. The molecule has 0 fully saturated rings. The van der Waals surface area contributed by atoms with Gasteiger partial charge in [0.05, 0.1) is 12.3 Å². The second-order valence-corrected chi connectivity index (χ2v) is 4.80. The molecular formula is C15H19ClN2O. The quantitative estimate of drug-likeness (QED) is 0.750. The molecule has 0 aliphatic rings. The molecule has 0 aliphatic heterocycles. The van der Waals surface area contributed by atoms with E-state index < -0.39 is 0 Å². The summed E-state index contributed by atoms with van der Waals surface area (Å²) in [5.41, 5.74) is 2.17. The smallest absolute Gasteiger partial charge is 0.130 e. The zero-order chi connectivity index (χ0) is 13.7. The van der Waals surface area contributed by atoms with Crippen LogP contribution in [0.3, 0.4) is 0 Å². The second-order valence-electron chi connectivity index (χ2n) is 4.45. The first-order valence-electron chi connectivity index (χ1n) is 6.62. The van der Waals surface area contributed by atoms with Crippen molar-refractivity contribution in [2.24, 2.45) is 0 Å². The van der Waals surface area contributed by atoms with Crippen LogP contribution in [0.4, 0.5) is 0 Å². The van der Waals surface area contributed by atoms with E-state index in [-0.39, 0.29) is 0 Å². The van der Waals surface area contributed by atoms with Crippen molar-refractivity contribution in [3.05, 3.63) is 46.7 Å². The standard InChI is InChI=1S/C15H19ClN2O/c1-3-14-12(2)17-18(15(14)16)10-7-11-19-13-8-5-4-6-9-13/h4-6,8-9H,3,7,10-11H2,1-2H3. The molecule has 0 bridgehead atoms. The fourth-order valence-electron chi connectivity index (χ4n) is 2.06. The lowest BCUT2D eigenvalue weighted by molar-refractivity contribution is 0.298. The predicted molar refractivity (Wildman–Crippen MR) is 77.9 cm³/mol. The topological polar surface area (TPSA) is 27.1 Å². The average Bonchev–Trinajstić information content (AvgIpc) is 2.70. The molecule has 102 valence electrons. The van der Waals surface area contributed by atoms with E-state index in [1.165, 1.54) is 0 Å². The minimum atomic E-state index is 0.667. The molecule has 1 heterocycles. The molecule has 1 aromatic carbocycles. The van der Waals surface area contributed by atoms with Gasteiger partial charge in [-0.2, -0.15) is 5.10 Å². The summed E-state index contributed by atoms with van der Waals surface area (Å²) >= 11 is 6.29. The number of halogens is 1. The van der Waals surface area contributed by atoms with Crippen molar-refractivity contribution in [2.45, 2.75) is 33.2 Å². The third-order valence-electron chi connectivity index (χ3n) is 3.06. The Bertz CT molecular complexity index is 522. The summed E-state index contributed by atoms with van der Waals surface area (Å²) in [7, 11) is 0. The molecule has 0 N–H and O–H groups in total. The van der Waals surface area contributed by atoms with Gasteiger partial charge in [0, 0.05) is 18.5 Å². The van der Waals surface area contributed by atoms with Crippen LogP contribution in [-0.2, 0) is 13.0 Å². The van der Waals surface area contributed by atoms with Crippen LogP contribution in [0.5, 0.6) is 5.75 Å². The van der Waals surface area contributed by atoms with Crippen LogP contribution in [0.1, 0.15) is 24.6 Å². The van der Waals surface area contributed by atoms with Gasteiger partial charge in [0.1, 0.15) is 10.9 Å². The third kappa shape index (κ3) is 3.51. The molecule has 2 aromatic rings. The third-order valence-corrected chi connectivity index (χ3v) is 3.49. The van der Waals surface area contributed by atoms with E-state index in [4.69, 9.17) is 16.3 Å². The maximum atomic E-state index is 6.29. The summed E-state index contributed by atoms with van der Waals surface area (Å²) in [6.45, 7) is 5.55. The summed E-state index contributed by atoms with van der Waals surface area (Å²) in [6, 6.07) is 9.83. The molecular weight excluding hydrogens is 260 g/mol. The Balaban J connectivity index is 1.83. The molecule has 0 saturated carbocycles. The van der Waals surface area contributed by atoms with Crippen LogP contribution in [0.15, 0.2) is 30.3 Å². The molecule has 3 nitrogen and oxygen atoms in total. The molecule has 0 radical (unpaired) electrons. The number of hydrogen-bond acceptors (Lipinski definition) is 2. The fourth-order valence-corrected chi connectivity index (χ4v) is 2.45. The van der Waals surface area contributed by atoms with E-state index in [2.05, 4.69) is 12.0 Å². The summed E-state index contributed by atoms with van der Waals surface area (Å²) < 4.78 is 7.51. The predicted octanol–water partition coefficient (Wildman–Crippen LogP) is 3.88. The normalized spacial score (nSPS) is 10.7. The molecule has 19 heavy (non-hydrogen) atoms. The Hall–Kier alpha value is -1.48. The van der Waals surface area contributed by atoms with Crippen molar-refractivity contribution in [1.29, 1.82) is 0 Å². The minimum absolute atomic E-state index is 0.667. The Morgan fingerprint density at radius 3 is 2.63 bits per heavy atom. The van der Waals surface area contributed by atoms with Crippen LogP contribution in [-0.4, -0.2) is 16.4 Å². The Morgan fingerprint density at radius 1 is 1.26 bits per heavy atom. The highest BCUT2D eigenvalue weighted by Gasteiger charge is 2.10. The average molecular weight is 279 g/mol. The van der Waals surface area contributed by atoms with Gasteiger partial charge in [-0.05, 0) is 25.5 Å². The first kappa shape index (κ1) is 13.9. The van der Waals surface area contributed by atoms with Gasteiger partial charge in [-0.3, -0.25) is 4.68 Å². The molecule has 0 saturated heterocycles. The van der Waals surface area contributed by atoms with Crippen molar-refractivity contribution in [3.8, 4) is 5.75 Å². The lowest BCUT2D eigenvalue weighted by Gasteiger charge is -2.06. The number of rotatable bonds is 6. The van der Waals surface area contributed by atoms with Crippen molar-refractivity contribution < 1.29 is 4.74 Å². The summed E-state index contributed by atoms with van der Waals surface area (Å²) in [5.74, 6) is 0.902. The highest BCUT2D eigenvalue weighted by molar-refractivity contribution is 6.30. The first-order chi connectivity index (χ1) is 9.22. The summed E-state index contributed by atoms with van der Waals surface area (Å²) in [5, 5.41) is 5.22. The molecule has 0 aliphatic carbocycles. The van der Waals surface area contributed by atoms with Gasteiger partial charge in [0.2, 0.25) is 0 Å². The van der Waals surface area contributed by atoms with Gasteiger partial charge < -0.3 is 4.74 Å². The van der Waals surface area contributed by atoms with Gasteiger partial charge in [-0.25, -0.2) is 0 Å². The summed E-state index contributed by atoms with van der Waals surface area (Å²) in [6.07, 6.45) is 1.81. The molecule has 1 aromatic heterocycles. The number of aryl methyl sites for hydroxylation is 2. The number of ether oxygens (including phenoxy) is 1. The summed E-state index contributed by atoms with van der Waals surface area (Å²) in [4.78, 5) is 0. The number of benzene rings is 1. The van der Waals surface area contributed by atoms with E-state index in [0.717, 1.165) is 41.5 Å². The monoisotopic (exact) mass is 278 g/mol. The first-order valence-corrected chi connectivity index (χ1v) is 6.99. The number of para-hydroxylation sites is 1. The Kier molecular flexibility index (Phi) is 4.86. The second kappa shape index (κ2) is 6.62. The maximum absolute atomic E-state index is 6.29. The van der Waals surface area contributed by atoms with E-state index in [9.17, 15) is 0 Å². The minimum Gasteiger partial charge on any atom is -0.494 e. The molecule has 0 unspecified atom stereocenters. The van der Waals surface area contributed by atoms with Gasteiger partial charge in [-0.1, -0.05) is 36.7 Å². The molecule has 0 spiro atoms. The molecule has 0 amide bonds. The zero-order valence-electron chi connectivity index (χ0n) is 11.4. The van der Waals surface area contributed by atoms with Crippen LogP contribution >= 0.6 is 11.6 Å². The van der Waals surface area contributed by atoms with E-state index in [1.54, 1.807) is 0 Å². The molecule has 2 rings (SSSR count). The van der Waals surface area contributed by atoms with Crippen LogP contribution in [0.25, 0.3) is 0 Å². The van der Waals surface area contributed by atoms with Gasteiger partial charge in [0.15, 0.2) is 0 Å². The number of aromatic nitrogens is 2. The van der Waals surface area contributed by atoms with Gasteiger partial charge >= 0.3 is 0 Å². The van der Waals surface area contributed by atoms with Crippen molar-refractivity contribution >= 4 is 11.6 Å². The maximum Gasteiger partial charge on any atom is 0.130 e. The Morgan fingerprint density at radius 2 is 2.00 bits per heavy atom. The van der Waals surface area contributed by atoms with Crippen molar-refractivity contribution in [3.63, 3.8) is 0 Å². The Labute approximate surface area is 119 Å². The van der Waals surface area contributed by atoms with E-state index in [0.29, 0.717) is 6.61 Å². The highest BCUT2D eigenvalue weighted by Crippen LogP contribution is 2.20. The fraction of sp³-hybridized carbons (Fsp3) is 0.400. The van der Waals surface area contributed by atoms with E-state index in [1.807, 2.05) is 41.9 Å². The number of hydrogen-bond donors (Lipinski definition) is 0. The van der Waals surface area contributed by atoms with Crippen LogP contribution in [0.2, 0.25) is 5.15 Å². The van der Waals surface area contributed by atoms with Crippen LogP contribution < -0.4 is 4.74 Å². The van der Waals surface area contributed by atoms with Crippen molar-refractivity contribution in [2.75, 3.05) is 6.61 Å². The highest BCUT2D eigenvalue weighted by atomic mass is 35.5. The van der Waals surface area contributed by atoms with Crippen LogP contribution in [0, 0.1) is 6.92 Å². The van der Waals surface area contributed by atoms with Crippen molar-refractivity contribution in [1.82, 2.24) is 9.78 Å². The SMILES string of the molecule is CCc1c(C)nn(CCCOc2ccccc2)c1Cl. The lowest BCUT2D eigenvalue weighted by Crippen LogP contribution is -2.06. The van der Waals surface area contributed by atoms with Gasteiger partial charge in [0.25, 0.3) is 0 Å². The zero-order valence-corrected chi connectivity index (χ0v) is 12.2. The molecule has 4 heteroatoms. The lowest BCUT2D eigenvalue weighted by atomic mass is 10.2.